The van der Waals surface area contributed by atoms with E-state index in [0.29, 0.717) is 22.2 Å². The van der Waals surface area contributed by atoms with Gasteiger partial charge in [-0.25, -0.2) is 9.07 Å². The Bertz CT molecular complexity index is 971. The van der Waals surface area contributed by atoms with E-state index in [1.165, 1.54) is 22.5 Å². The summed E-state index contributed by atoms with van der Waals surface area (Å²) in [6.07, 6.45) is 0. The number of nitrogen functional groups attached to an aromatic ring is 1. The molecule has 0 radical (unpaired) electrons. The van der Waals surface area contributed by atoms with E-state index in [4.69, 9.17) is 5.84 Å². The van der Waals surface area contributed by atoms with E-state index in [0.717, 1.165) is 11.1 Å². The summed E-state index contributed by atoms with van der Waals surface area (Å²) in [6, 6.07) is 12.3. The Balaban J connectivity index is 1.70. The lowest BCUT2D eigenvalue weighted by Gasteiger charge is -2.12. The maximum absolute atomic E-state index is 13.6. The predicted octanol–water partition coefficient (Wildman–Crippen LogP) is 3.53. The van der Waals surface area contributed by atoms with Crippen molar-refractivity contribution < 1.29 is 9.18 Å². The molecule has 0 aliphatic heterocycles. The Morgan fingerprint density at radius 1 is 1.19 bits per heavy atom. The molecule has 1 atom stereocenters. The second-order valence-corrected chi connectivity index (χ2v) is 7.56. The maximum atomic E-state index is 13.6. The molecule has 0 saturated carbocycles. The molecule has 0 aliphatic carbocycles. The SMILES string of the molecule is Cc1ccc(-c2nnc(S[C@H](C)C(=O)Nc3ccc(C)c(F)c3)n2N)cc1. The average molecular weight is 385 g/mol. The molecule has 0 unspecified atom stereocenters. The van der Waals surface area contributed by atoms with E-state index in [1.54, 1.807) is 26.0 Å². The highest BCUT2D eigenvalue weighted by atomic mass is 32.2. The van der Waals surface area contributed by atoms with Gasteiger partial charge in [-0.2, -0.15) is 0 Å². The van der Waals surface area contributed by atoms with Crippen molar-refractivity contribution in [2.24, 2.45) is 0 Å². The smallest absolute Gasteiger partial charge is 0.237 e. The van der Waals surface area contributed by atoms with E-state index in [-0.39, 0.29) is 11.7 Å². The third kappa shape index (κ3) is 4.28. The van der Waals surface area contributed by atoms with Crippen LogP contribution in [0.4, 0.5) is 10.1 Å². The number of aromatic nitrogens is 3. The van der Waals surface area contributed by atoms with Crippen LogP contribution in [0.3, 0.4) is 0 Å². The van der Waals surface area contributed by atoms with E-state index in [1.807, 2.05) is 31.2 Å². The van der Waals surface area contributed by atoms with Gasteiger partial charge in [0.05, 0.1) is 5.25 Å². The monoisotopic (exact) mass is 385 g/mol. The zero-order valence-electron chi connectivity index (χ0n) is 15.2. The molecule has 140 valence electrons. The largest absolute Gasteiger partial charge is 0.335 e. The minimum atomic E-state index is -0.494. The van der Waals surface area contributed by atoms with Crippen molar-refractivity contribution in [1.29, 1.82) is 0 Å². The molecule has 3 N–H and O–H groups in total. The normalized spacial score (nSPS) is 12.0. The number of benzene rings is 2. The first-order valence-electron chi connectivity index (χ1n) is 8.36. The van der Waals surface area contributed by atoms with Crippen LogP contribution >= 0.6 is 11.8 Å². The fraction of sp³-hybridized carbons (Fsp3) is 0.211. The molecule has 0 bridgehead atoms. The number of anilines is 1. The van der Waals surface area contributed by atoms with Crippen molar-refractivity contribution in [3.05, 3.63) is 59.4 Å². The lowest BCUT2D eigenvalue weighted by atomic mass is 10.1. The highest BCUT2D eigenvalue weighted by Crippen LogP contribution is 2.26. The lowest BCUT2D eigenvalue weighted by Crippen LogP contribution is -2.23. The van der Waals surface area contributed by atoms with Crippen molar-refractivity contribution in [3.8, 4) is 11.4 Å². The number of carbonyl (C=O) groups is 1. The Kier molecular flexibility index (Phi) is 5.46. The number of hydrogen-bond acceptors (Lipinski definition) is 5. The average Bonchev–Trinajstić information content (AvgIpc) is 2.99. The summed E-state index contributed by atoms with van der Waals surface area (Å²) in [5.74, 6) is 5.98. The third-order valence-corrected chi connectivity index (χ3v) is 5.12. The molecular weight excluding hydrogens is 365 g/mol. The van der Waals surface area contributed by atoms with Gasteiger partial charge in [-0.15, -0.1) is 10.2 Å². The fourth-order valence-electron chi connectivity index (χ4n) is 2.38. The Morgan fingerprint density at radius 2 is 1.89 bits per heavy atom. The van der Waals surface area contributed by atoms with E-state index >= 15 is 0 Å². The summed E-state index contributed by atoms with van der Waals surface area (Å²) < 4.78 is 15.0. The number of amides is 1. The van der Waals surface area contributed by atoms with Crippen molar-refractivity contribution in [2.75, 3.05) is 11.2 Å². The molecule has 0 aliphatic rings. The van der Waals surface area contributed by atoms with Crippen LogP contribution in [0.2, 0.25) is 0 Å². The standard InChI is InChI=1S/C19H20FN5OS/c1-11-4-7-14(8-5-11)17-23-24-19(25(17)21)27-13(3)18(26)22-15-9-6-12(2)16(20)10-15/h4-10,13H,21H2,1-3H3,(H,22,26)/t13-/m1/s1. The molecule has 8 heteroatoms. The van der Waals surface area contributed by atoms with Crippen LogP contribution in [-0.2, 0) is 4.79 Å². The Hall–Kier alpha value is -2.87. The van der Waals surface area contributed by atoms with E-state index in [9.17, 15) is 9.18 Å². The molecule has 0 saturated heterocycles. The quantitative estimate of drug-likeness (QED) is 0.518. The first kappa shape index (κ1) is 18.9. The minimum Gasteiger partial charge on any atom is -0.335 e. The van der Waals surface area contributed by atoms with Gasteiger partial charge >= 0.3 is 0 Å². The molecule has 27 heavy (non-hydrogen) atoms. The summed E-state index contributed by atoms with van der Waals surface area (Å²) in [5.41, 5.74) is 2.91. The van der Waals surface area contributed by atoms with Gasteiger partial charge in [0.1, 0.15) is 5.82 Å². The minimum absolute atomic E-state index is 0.275. The van der Waals surface area contributed by atoms with Crippen LogP contribution in [0.1, 0.15) is 18.1 Å². The summed E-state index contributed by atoms with van der Waals surface area (Å²) in [5, 5.41) is 10.8. The number of thioether (sulfide) groups is 1. The second-order valence-electron chi connectivity index (χ2n) is 6.26. The van der Waals surface area contributed by atoms with Crippen molar-refractivity contribution in [2.45, 2.75) is 31.2 Å². The first-order valence-corrected chi connectivity index (χ1v) is 9.24. The number of halogens is 1. The van der Waals surface area contributed by atoms with Crippen LogP contribution in [0.15, 0.2) is 47.6 Å². The van der Waals surface area contributed by atoms with Gasteiger partial charge in [-0.1, -0.05) is 47.7 Å². The van der Waals surface area contributed by atoms with Crippen LogP contribution in [0, 0.1) is 19.7 Å². The number of nitrogens with one attached hydrogen (secondary N) is 1. The highest BCUT2D eigenvalue weighted by Gasteiger charge is 2.20. The molecule has 1 aromatic heterocycles. The topological polar surface area (TPSA) is 85.8 Å². The molecule has 3 aromatic rings. The van der Waals surface area contributed by atoms with Gasteiger partial charge in [0, 0.05) is 11.3 Å². The first-order chi connectivity index (χ1) is 12.8. The van der Waals surface area contributed by atoms with E-state index < -0.39 is 5.25 Å². The summed E-state index contributed by atoms with van der Waals surface area (Å²) in [6.45, 7) is 5.39. The van der Waals surface area contributed by atoms with Crippen LogP contribution in [-0.4, -0.2) is 26.0 Å². The lowest BCUT2D eigenvalue weighted by molar-refractivity contribution is -0.115. The van der Waals surface area contributed by atoms with Gasteiger partial charge in [0.15, 0.2) is 5.82 Å². The molecule has 0 spiro atoms. The summed E-state index contributed by atoms with van der Waals surface area (Å²) in [4.78, 5) is 12.4. The van der Waals surface area contributed by atoms with Gasteiger partial charge in [-0.3, -0.25) is 4.79 Å². The molecule has 1 heterocycles. The van der Waals surface area contributed by atoms with Gasteiger partial charge in [0.25, 0.3) is 0 Å². The van der Waals surface area contributed by atoms with E-state index in [2.05, 4.69) is 15.5 Å². The molecule has 1 amide bonds. The zero-order chi connectivity index (χ0) is 19.6. The van der Waals surface area contributed by atoms with Crippen LogP contribution in [0.5, 0.6) is 0 Å². The van der Waals surface area contributed by atoms with Gasteiger partial charge in [-0.05, 0) is 38.5 Å². The van der Waals surface area contributed by atoms with Crippen molar-refractivity contribution in [3.63, 3.8) is 0 Å². The molecule has 6 nitrogen and oxygen atoms in total. The van der Waals surface area contributed by atoms with Crippen molar-refractivity contribution >= 4 is 23.4 Å². The number of nitrogens with two attached hydrogens (primary N) is 1. The van der Waals surface area contributed by atoms with Gasteiger partial charge < -0.3 is 11.2 Å². The number of nitrogens with zero attached hydrogens (tertiary/aromatic N) is 3. The molecule has 3 rings (SSSR count). The fourth-order valence-corrected chi connectivity index (χ4v) is 3.15. The number of aryl methyl sites for hydroxylation is 2. The maximum Gasteiger partial charge on any atom is 0.237 e. The number of rotatable bonds is 5. The second kappa shape index (κ2) is 7.79. The number of carbonyl (C=O) groups excluding carboxylic acids is 1. The number of hydrogen-bond donors (Lipinski definition) is 2. The van der Waals surface area contributed by atoms with Crippen molar-refractivity contribution in [1.82, 2.24) is 14.9 Å². The molecule has 0 fully saturated rings. The summed E-state index contributed by atoms with van der Waals surface area (Å²) >= 11 is 1.18. The van der Waals surface area contributed by atoms with Crippen LogP contribution in [0.25, 0.3) is 11.4 Å². The Morgan fingerprint density at radius 3 is 2.56 bits per heavy atom. The Labute approximate surface area is 161 Å². The highest BCUT2D eigenvalue weighted by molar-refractivity contribution is 8.00. The van der Waals surface area contributed by atoms with Gasteiger partial charge in [0.2, 0.25) is 11.1 Å². The molecular formula is C19H20FN5OS. The van der Waals surface area contributed by atoms with Crippen LogP contribution < -0.4 is 11.2 Å². The third-order valence-electron chi connectivity index (χ3n) is 4.07. The predicted molar refractivity (Wildman–Crippen MR) is 105 cm³/mol. The molecule has 2 aromatic carbocycles. The summed E-state index contributed by atoms with van der Waals surface area (Å²) in [7, 11) is 0. The zero-order valence-corrected chi connectivity index (χ0v) is 16.0.